The summed E-state index contributed by atoms with van der Waals surface area (Å²) >= 11 is 0. The highest BCUT2D eigenvalue weighted by Crippen LogP contribution is 2.31. The lowest BCUT2D eigenvalue weighted by atomic mass is 9.87. The van der Waals surface area contributed by atoms with Gasteiger partial charge in [-0.05, 0) is 44.0 Å². The minimum atomic E-state index is -1.46. The number of methoxy groups -OCH3 is 1. The van der Waals surface area contributed by atoms with Gasteiger partial charge in [0.25, 0.3) is 5.91 Å². The number of benzene rings is 1. The molecule has 0 spiro atoms. The summed E-state index contributed by atoms with van der Waals surface area (Å²) in [6.45, 7) is 6.74. The molecule has 5 atom stereocenters. The van der Waals surface area contributed by atoms with Gasteiger partial charge in [0.15, 0.2) is 6.29 Å². The summed E-state index contributed by atoms with van der Waals surface area (Å²) in [6.07, 6.45) is -2.39. The molecule has 0 radical (unpaired) electrons. The third kappa shape index (κ3) is 6.97. The van der Waals surface area contributed by atoms with Crippen LogP contribution in [0.3, 0.4) is 0 Å². The summed E-state index contributed by atoms with van der Waals surface area (Å²) in [5.41, 5.74) is -1.53. The van der Waals surface area contributed by atoms with Crippen LogP contribution in [0, 0.1) is 5.41 Å². The Hall–Kier alpha value is -2.04. The zero-order valence-corrected chi connectivity index (χ0v) is 20.0. The number of aliphatic hydroxyl groups is 3. The number of hydrogen-bond acceptors (Lipinski definition) is 8. The molecule has 0 aliphatic carbocycles. The first kappa shape index (κ1) is 27.2. The molecule has 1 aromatic rings. The fourth-order valence-electron chi connectivity index (χ4n) is 3.49. The van der Waals surface area contributed by atoms with Crippen molar-refractivity contribution in [2.45, 2.75) is 77.1 Å². The van der Waals surface area contributed by atoms with E-state index < -0.39 is 48.1 Å². The number of amides is 1. The second-order valence-corrected chi connectivity index (χ2v) is 9.62. The molecule has 1 saturated heterocycles. The number of Topliss-reactive ketones (excluding diaryl/α,β-unsaturated/α-hetero) is 1. The van der Waals surface area contributed by atoms with E-state index in [0.29, 0.717) is 30.6 Å². The number of carbonyl (C=O) groups is 2. The summed E-state index contributed by atoms with van der Waals surface area (Å²) < 4.78 is 16.7. The molecule has 1 fully saturated rings. The first-order valence-electron chi connectivity index (χ1n) is 11.2. The molecule has 0 saturated carbocycles. The normalized spacial score (nSPS) is 27.8. The SMILES string of the molecule is COc1ccc(C(=O)NC2[C@H](OCCCCC(=O)C(C)(C)C)OC(C)(CO)[C@@H](O)[C@@H]2O)cc1. The molecule has 4 N–H and O–H groups in total. The van der Waals surface area contributed by atoms with Gasteiger partial charge in [-0.15, -0.1) is 0 Å². The number of rotatable bonds is 10. The van der Waals surface area contributed by atoms with E-state index >= 15 is 0 Å². The number of ether oxygens (including phenoxy) is 3. The summed E-state index contributed by atoms with van der Waals surface area (Å²) in [5, 5.41) is 33.6. The Morgan fingerprint density at radius 1 is 1.15 bits per heavy atom. The van der Waals surface area contributed by atoms with Gasteiger partial charge < -0.3 is 34.8 Å². The van der Waals surface area contributed by atoms with Crippen LogP contribution in [-0.4, -0.2) is 77.5 Å². The Morgan fingerprint density at radius 2 is 1.79 bits per heavy atom. The first-order valence-corrected chi connectivity index (χ1v) is 11.2. The quantitative estimate of drug-likeness (QED) is 0.380. The fraction of sp³-hybridized carbons (Fsp3) is 0.667. The molecule has 33 heavy (non-hydrogen) atoms. The predicted molar refractivity (Wildman–Crippen MR) is 121 cm³/mol. The predicted octanol–water partition coefficient (Wildman–Crippen LogP) is 1.42. The molecule has 1 aliphatic rings. The van der Waals surface area contributed by atoms with Crippen molar-refractivity contribution in [3.63, 3.8) is 0 Å². The van der Waals surface area contributed by atoms with Gasteiger partial charge in [0, 0.05) is 24.0 Å². The lowest BCUT2D eigenvalue weighted by molar-refractivity contribution is -0.306. The summed E-state index contributed by atoms with van der Waals surface area (Å²) in [4.78, 5) is 24.8. The van der Waals surface area contributed by atoms with Crippen LogP contribution in [0.4, 0.5) is 0 Å². The fourth-order valence-corrected chi connectivity index (χ4v) is 3.49. The van der Waals surface area contributed by atoms with E-state index in [2.05, 4.69) is 5.32 Å². The maximum Gasteiger partial charge on any atom is 0.251 e. The molecule has 1 amide bonds. The van der Waals surface area contributed by atoms with Crippen molar-refractivity contribution in [2.24, 2.45) is 5.41 Å². The van der Waals surface area contributed by atoms with E-state index in [4.69, 9.17) is 14.2 Å². The Kier molecular flexibility index (Phi) is 9.39. The van der Waals surface area contributed by atoms with Gasteiger partial charge >= 0.3 is 0 Å². The lowest BCUT2D eigenvalue weighted by Crippen LogP contribution is -2.69. The standard InChI is InChI=1S/C24H37NO8/c1-23(2,3)17(27)8-6-7-13-32-22-18(19(28)20(29)24(4,14-26)33-22)25-21(30)15-9-11-16(31-5)12-10-15/h9-12,18-20,22,26,28-29H,6-8,13-14H2,1-5H3,(H,25,30)/t18?,19-,20+,22-,24?/m1/s1. The molecular weight excluding hydrogens is 430 g/mol. The van der Waals surface area contributed by atoms with Gasteiger partial charge in [-0.25, -0.2) is 0 Å². The largest absolute Gasteiger partial charge is 0.497 e. The van der Waals surface area contributed by atoms with Crippen LogP contribution in [0.1, 0.15) is 57.3 Å². The van der Waals surface area contributed by atoms with Crippen molar-refractivity contribution in [3.05, 3.63) is 29.8 Å². The Morgan fingerprint density at radius 3 is 2.33 bits per heavy atom. The second kappa shape index (κ2) is 11.4. The van der Waals surface area contributed by atoms with Crippen LogP contribution in [0.15, 0.2) is 24.3 Å². The maximum absolute atomic E-state index is 12.7. The lowest BCUT2D eigenvalue weighted by Gasteiger charge is -2.47. The number of aliphatic hydroxyl groups excluding tert-OH is 3. The highest BCUT2D eigenvalue weighted by molar-refractivity contribution is 5.94. The summed E-state index contributed by atoms with van der Waals surface area (Å²) in [6, 6.07) is 5.33. The topological polar surface area (TPSA) is 135 Å². The monoisotopic (exact) mass is 467 g/mol. The van der Waals surface area contributed by atoms with Crippen molar-refractivity contribution in [1.82, 2.24) is 5.32 Å². The van der Waals surface area contributed by atoms with E-state index in [-0.39, 0.29) is 12.4 Å². The smallest absolute Gasteiger partial charge is 0.251 e. The van der Waals surface area contributed by atoms with E-state index in [0.717, 1.165) is 0 Å². The van der Waals surface area contributed by atoms with E-state index in [1.165, 1.54) is 14.0 Å². The van der Waals surface area contributed by atoms with Crippen molar-refractivity contribution >= 4 is 11.7 Å². The van der Waals surface area contributed by atoms with Gasteiger partial charge in [-0.2, -0.15) is 0 Å². The van der Waals surface area contributed by atoms with Gasteiger partial charge in [0.2, 0.25) is 0 Å². The van der Waals surface area contributed by atoms with Gasteiger partial charge in [0.05, 0.1) is 13.7 Å². The zero-order valence-electron chi connectivity index (χ0n) is 20.0. The molecule has 2 unspecified atom stereocenters. The average molecular weight is 468 g/mol. The minimum absolute atomic E-state index is 0.160. The van der Waals surface area contributed by atoms with Gasteiger partial charge in [-0.3, -0.25) is 9.59 Å². The first-order chi connectivity index (χ1) is 15.4. The highest BCUT2D eigenvalue weighted by atomic mass is 16.7. The number of hydrogen-bond donors (Lipinski definition) is 4. The van der Waals surface area contributed by atoms with E-state index in [9.17, 15) is 24.9 Å². The van der Waals surface area contributed by atoms with Crippen molar-refractivity contribution in [3.8, 4) is 5.75 Å². The molecule has 2 rings (SSSR count). The maximum atomic E-state index is 12.7. The molecule has 186 valence electrons. The van der Waals surface area contributed by atoms with Crippen LogP contribution in [-0.2, 0) is 14.3 Å². The average Bonchev–Trinajstić information content (AvgIpc) is 2.78. The highest BCUT2D eigenvalue weighted by Gasteiger charge is 2.52. The van der Waals surface area contributed by atoms with E-state index in [1.807, 2.05) is 20.8 Å². The third-order valence-electron chi connectivity index (χ3n) is 5.88. The molecule has 0 aromatic heterocycles. The van der Waals surface area contributed by atoms with Crippen molar-refractivity contribution < 1.29 is 39.1 Å². The molecule has 1 heterocycles. The zero-order chi connectivity index (χ0) is 24.8. The summed E-state index contributed by atoms with van der Waals surface area (Å²) in [5.74, 6) is 0.259. The third-order valence-corrected chi connectivity index (χ3v) is 5.88. The van der Waals surface area contributed by atoms with Crippen molar-refractivity contribution in [2.75, 3.05) is 20.3 Å². The molecule has 1 aromatic carbocycles. The summed E-state index contributed by atoms with van der Waals surface area (Å²) in [7, 11) is 1.52. The van der Waals surface area contributed by atoms with Gasteiger partial charge in [-0.1, -0.05) is 20.8 Å². The molecular formula is C24H37NO8. The number of unbranched alkanes of at least 4 members (excludes halogenated alkanes) is 1. The van der Waals surface area contributed by atoms with E-state index in [1.54, 1.807) is 24.3 Å². The number of nitrogens with one attached hydrogen (secondary N) is 1. The number of carbonyl (C=O) groups excluding carboxylic acids is 2. The second-order valence-electron chi connectivity index (χ2n) is 9.62. The van der Waals surface area contributed by atoms with Crippen LogP contribution in [0.2, 0.25) is 0 Å². The molecule has 1 aliphatic heterocycles. The van der Waals surface area contributed by atoms with Crippen LogP contribution < -0.4 is 10.1 Å². The van der Waals surface area contributed by atoms with Crippen molar-refractivity contribution in [1.29, 1.82) is 0 Å². The van der Waals surface area contributed by atoms with Gasteiger partial charge in [0.1, 0.15) is 35.4 Å². The van der Waals surface area contributed by atoms with Crippen LogP contribution in [0.5, 0.6) is 5.75 Å². The van der Waals surface area contributed by atoms with Crippen LogP contribution >= 0.6 is 0 Å². The molecule has 9 nitrogen and oxygen atoms in total. The Labute approximate surface area is 195 Å². The molecule has 0 bridgehead atoms. The Bertz CT molecular complexity index is 791. The minimum Gasteiger partial charge on any atom is -0.497 e. The number of ketones is 1. The molecule has 9 heteroatoms. The Balaban J connectivity index is 2.05. The van der Waals surface area contributed by atoms with Crippen LogP contribution in [0.25, 0.3) is 0 Å².